The molecular formula is C18H18ClN5O4S2. The fourth-order valence-electron chi connectivity index (χ4n) is 2.68. The summed E-state index contributed by atoms with van der Waals surface area (Å²) in [7, 11) is 1.60. The first-order valence-corrected chi connectivity index (χ1v) is 10.7. The molecule has 0 saturated heterocycles. The van der Waals surface area contributed by atoms with E-state index in [-0.39, 0.29) is 18.2 Å². The highest BCUT2D eigenvalue weighted by atomic mass is 35.5. The van der Waals surface area contributed by atoms with E-state index in [0.717, 1.165) is 16.4 Å². The minimum Gasteiger partial charge on any atom is -0.427 e. The van der Waals surface area contributed by atoms with Crippen molar-refractivity contribution < 1.29 is 14.0 Å². The molecule has 12 heteroatoms. The van der Waals surface area contributed by atoms with E-state index in [1.807, 2.05) is 6.07 Å². The maximum atomic E-state index is 12.7. The largest absolute Gasteiger partial charge is 0.427 e. The number of urea groups is 1. The number of amides is 3. The van der Waals surface area contributed by atoms with Crippen molar-refractivity contribution in [1.82, 2.24) is 19.6 Å². The molecule has 3 heterocycles. The van der Waals surface area contributed by atoms with E-state index in [9.17, 15) is 14.4 Å². The van der Waals surface area contributed by atoms with Crippen LogP contribution < -0.4 is 16.3 Å². The number of anilines is 1. The first-order valence-electron chi connectivity index (χ1n) is 8.71. The third kappa shape index (κ3) is 5.43. The van der Waals surface area contributed by atoms with Gasteiger partial charge < -0.3 is 14.6 Å². The van der Waals surface area contributed by atoms with Gasteiger partial charge in [0.2, 0.25) is 5.13 Å². The Kier molecular flexibility index (Phi) is 6.85. The molecule has 0 aliphatic rings. The van der Waals surface area contributed by atoms with Gasteiger partial charge in [-0.25, -0.2) is 14.6 Å². The Morgan fingerprint density at radius 1 is 1.30 bits per heavy atom. The van der Waals surface area contributed by atoms with Crippen molar-refractivity contribution in [2.45, 2.75) is 26.9 Å². The Balaban J connectivity index is 1.57. The molecule has 0 aliphatic heterocycles. The minimum absolute atomic E-state index is 0.129. The third-order valence-electron chi connectivity index (χ3n) is 4.01. The summed E-state index contributed by atoms with van der Waals surface area (Å²) < 4.78 is 9.85. The van der Waals surface area contributed by atoms with Crippen LogP contribution >= 0.6 is 34.5 Å². The molecule has 158 valence electrons. The highest BCUT2D eigenvalue weighted by Gasteiger charge is 2.20. The van der Waals surface area contributed by atoms with Crippen LogP contribution in [0.2, 0.25) is 4.34 Å². The van der Waals surface area contributed by atoms with Gasteiger partial charge >= 0.3 is 11.7 Å². The lowest BCUT2D eigenvalue weighted by Gasteiger charge is -2.17. The van der Waals surface area contributed by atoms with Crippen molar-refractivity contribution in [3.63, 3.8) is 0 Å². The number of nitrogens with one attached hydrogen (secondary N) is 2. The molecule has 0 bridgehead atoms. The molecule has 3 rings (SSSR count). The third-order valence-corrected chi connectivity index (χ3v) is 5.91. The number of aryl methyl sites for hydroxylation is 2. The lowest BCUT2D eigenvalue weighted by Crippen LogP contribution is -2.29. The molecular weight excluding hydrogens is 450 g/mol. The highest BCUT2D eigenvalue weighted by Crippen LogP contribution is 2.21. The molecule has 0 atom stereocenters. The zero-order valence-electron chi connectivity index (χ0n) is 16.3. The van der Waals surface area contributed by atoms with Crippen molar-refractivity contribution in [3.8, 4) is 0 Å². The van der Waals surface area contributed by atoms with Crippen LogP contribution in [0, 0.1) is 13.8 Å². The number of aromatic nitrogens is 2. The summed E-state index contributed by atoms with van der Waals surface area (Å²) in [6.07, 6.45) is 0. The van der Waals surface area contributed by atoms with E-state index in [0.29, 0.717) is 33.0 Å². The predicted octanol–water partition coefficient (Wildman–Crippen LogP) is 3.42. The number of carbonyl (C=O) groups excluding carboxylic acids is 2. The molecule has 3 aromatic heterocycles. The second-order valence-electron chi connectivity index (χ2n) is 6.37. The Labute approximate surface area is 184 Å². The second-order valence-corrected chi connectivity index (χ2v) is 8.92. The normalized spacial score (nSPS) is 10.7. The zero-order chi connectivity index (χ0) is 21.8. The van der Waals surface area contributed by atoms with Crippen LogP contribution in [0.3, 0.4) is 0 Å². The van der Waals surface area contributed by atoms with Gasteiger partial charge in [-0.1, -0.05) is 11.6 Å². The predicted molar refractivity (Wildman–Crippen MR) is 115 cm³/mol. The van der Waals surface area contributed by atoms with Crippen molar-refractivity contribution in [2.24, 2.45) is 0 Å². The number of rotatable bonds is 6. The molecule has 0 aromatic carbocycles. The van der Waals surface area contributed by atoms with Crippen LogP contribution in [0.4, 0.5) is 9.93 Å². The number of thiophene rings is 1. The summed E-state index contributed by atoms with van der Waals surface area (Å²) in [6, 6.07) is 4.46. The number of halogens is 1. The van der Waals surface area contributed by atoms with Gasteiger partial charge in [-0.3, -0.25) is 10.1 Å². The fraction of sp³-hybridized carbons (Fsp3) is 0.278. The topological polar surface area (TPSA) is 117 Å². The Morgan fingerprint density at radius 2 is 2.07 bits per heavy atom. The Hall–Kier alpha value is -2.76. The van der Waals surface area contributed by atoms with E-state index in [2.05, 4.69) is 20.0 Å². The number of hydrogen-bond donors (Lipinski definition) is 2. The molecule has 0 fully saturated rings. The maximum absolute atomic E-state index is 12.7. The molecule has 9 nitrogen and oxygen atoms in total. The molecule has 30 heavy (non-hydrogen) atoms. The summed E-state index contributed by atoms with van der Waals surface area (Å²) in [5.74, 6) is 0.323. The first-order chi connectivity index (χ1) is 14.2. The van der Waals surface area contributed by atoms with Crippen molar-refractivity contribution in [3.05, 3.63) is 60.5 Å². The summed E-state index contributed by atoms with van der Waals surface area (Å²) in [5.41, 5.74) is 0.373. The van der Waals surface area contributed by atoms with E-state index in [1.54, 1.807) is 27.0 Å². The molecule has 0 spiro atoms. The van der Waals surface area contributed by atoms with E-state index in [1.165, 1.54) is 22.3 Å². The zero-order valence-corrected chi connectivity index (χ0v) is 18.7. The lowest BCUT2D eigenvalue weighted by molar-refractivity contribution is 0.0777. The van der Waals surface area contributed by atoms with Crippen LogP contribution in [-0.4, -0.2) is 33.2 Å². The van der Waals surface area contributed by atoms with Gasteiger partial charge in [0.05, 0.1) is 23.0 Å². The molecule has 3 aromatic rings. The van der Waals surface area contributed by atoms with Gasteiger partial charge in [-0.15, -0.1) is 11.3 Å². The number of nitrogens with zero attached hydrogens (tertiary/aromatic N) is 3. The summed E-state index contributed by atoms with van der Waals surface area (Å²) >= 11 is 8.26. The van der Waals surface area contributed by atoms with E-state index >= 15 is 0 Å². The SMILES string of the molecule is Cc1cc(=O)oc(C)c1C(=O)N(C)Cc1nsc(NC(=O)NCc2ccc(Cl)s2)n1. The van der Waals surface area contributed by atoms with Gasteiger partial charge in [-0.05, 0) is 31.5 Å². The van der Waals surface area contributed by atoms with Crippen LogP contribution in [0.1, 0.15) is 32.4 Å². The number of hydrogen-bond acceptors (Lipinski definition) is 8. The monoisotopic (exact) mass is 467 g/mol. The highest BCUT2D eigenvalue weighted by molar-refractivity contribution is 7.16. The summed E-state index contributed by atoms with van der Waals surface area (Å²) in [5, 5.41) is 5.63. The van der Waals surface area contributed by atoms with Gasteiger partial charge in [0.1, 0.15) is 5.76 Å². The molecule has 0 aliphatic carbocycles. The van der Waals surface area contributed by atoms with E-state index in [4.69, 9.17) is 16.0 Å². The minimum atomic E-state index is -0.499. The van der Waals surface area contributed by atoms with Crippen LogP contribution in [0.5, 0.6) is 0 Å². The Morgan fingerprint density at radius 3 is 2.73 bits per heavy atom. The van der Waals surface area contributed by atoms with Gasteiger partial charge in [0.15, 0.2) is 5.82 Å². The summed E-state index contributed by atoms with van der Waals surface area (Å²) in [6.45, 7) is 3.72. The van der Waals surface area contributed by atoms with Gasteiger partial charge in [-0.2, -0.15) is 4.37 Å². The quantitative estimate of drug-likeness (QED) is 0.573. The fourth-order valence-corrected chi connectivity index (χ4v) is 4.28. The number of carbonyl (C=O) groups is 2. The average Bonchev–Trinajstić information content (AvgIpc) is 3.27. The standard InChI is InChI=1S/C18H18ClN5O4S2/c1-9-6-14(25)28-10(2)15(9)16(26)24(3)8-13-21-18(30-23-13)22-17(27)20-7-11-4-5-12(19)29-11/h4-6H,7-8H2,1-3H3,(H2,20,21,22,23,27). The second kappa shape index (κ2) is 9.37. The van der Waals surface area contributed by atoms with Crippen LogP contribution in [-0.2, 0) is 13.1 Å². The molecule has 3 amide bonds. The average molecular weight is 468 g/mol. The Bertz CT molecular complexity index is 1110. The molecule has 0 saturated carbocycles. The molecule has 2 N–H and O–H groups in total. The van der Waals surface area contributed by atoms with Crippen molar-refractivity contribution in [2.75, 3.05) is 12.4 Å². The summed E-state index contributed by atoms with van der Waals surface area (Å²) in [4.78, 5) is 42.7. The maximum Gasteiger partial charge on any atom is 0.336 e. The molecule has 0 radical (unpaired) electrons. The van der Waals surface area contributed by atoms with Gasteiger partial charge in [0.25, 0.3) is 5.91 Å². The van der Waals surface area contributed by atoms with E-state index < -0.39 is 11.7 Å². The molecule has 0 unspecified atom stereocenters. The van der Waals surface area contributed by atoms with Gasteiger partial charge in [0, 0.05) is 29.5 Å². The lowest BCUT2D eigenvalue weighted by atomic mass is 10.1. The smallest absolute Gasteiger partial charge is 0.336 e. The van der Waals surface area contributed by atoms with Crippen LogP contribution in [0.15, 0.2) is 27.4 Å². The first kappa shape index (κ1) is 21.9. The van der Waals surface area contributed by atoms with Crippen molar-refractivity contribution >= 4 is 51.5 Å². The van der Waals surface area contributed by atoms with Crippen molar-refractivity contribution in [1.29, 1.82) is 0 Å². The van der Waals surface area contributed by atoms with Crippen LogP contribution in [0.25, 0.3) is 0 Å².